The number of carbonyl (C=O) groups is 1. The van der Waals surface area contributed by atoms with Crippen LogP contribution in [-0.2, 0) is 11.2 Å². The number of thiazole rings is 1. The van der Waals surface area contributed by atoms with E-state index in [1.54, 1.807) is 0 Å². The fourth-order valence-electron chi connectivity index (χ4n) is 1.40. The number of primary amides is 1. The third-order valence-electron chi connectivity index (χ3n) is 2.21. The van der Waals surface area contributed by atoms with E-state index in [1.165, 1.54) is 16.9 Å². The van der Waals surface area contributed by atoms with Crippen molar-refractivity contribution in [3.05, 3.63) is 40.9 Å². The number of carbonyl (C=O) groups excluding carboxylic acids is 1. The van der Waals surface area contributed by atoms with Crippen molar-refractivity contribution in [1.29, 1.82) is 0 Å². The molecule has 0 aliphatic rings. The molecule has 0 atom stereocenters. The summed E-state index contributed by atoms with van der Waals surface area (Å²) in [4.78, 5) is 15.1. The summed E-state index contributed by atoms with van der Waals surface area (Å²) in [5, 5.41) is 2.80. The molecule has 82 valence electrons. The molecule has 2 N–H and O–H groups in total. The predicted molar refractivity (Wildman–Crippen MR) is 65.2 cm³/mol. The van der Waals surface area contributed by atoms with Gasteiger partial charge in [-0.05, 0) is 6.92 Å². The Bertz CT molecular complexity index is 502. The van der Waals surface area contributed by atoms with Crippen LogP contribution in [0.3, 0.4) is 0 Å². The summed E-state index contributed by atoms with van der Waals surface area (Å²) in [6, 6.07) is 8.15. The number of hydrogen-bond donors (Lipinski definition) is 1. The van der Waals surface area contributed by atoms with Crippen molar-refractivity contribution < 1.29 is 4.79 Å². The van der Waals surface area contributed by atoms with E-state index in [0.29, 0.717) is 0 Å². The molecular weight excluding hydrogens is 220 g/mol. The van der Waals surface area contributed by atoms with Crippen LogP contribution in [0.25, 0.3) is 10.6 Å². The first-order valence-electron chi connectivity index (χ1n) is 4.95. The van der Waals surface area contributed by atoms with Crippen molar-refractivity contribution in [3.8, 4) is 10.6 Å². The average molecular weight is 232 g/mol. The van der Waals surface area contributed by atoms with Gasteiger partial charge in [0.1, 0.15) is 5.01 Å². The molecule has 0 saturated carbocycles. The summed E-state index contributed by atoms with van der Waals surface area (Å²) < 4.78 is 0. The van der Waals surface area contributed by atoms with Crippen LogP contribution in [-0.4, -0.2) is 10.9 Å². The van der Waals surface area contributed by atoms with E-state index in [4.69, 9.17) is 5.73 Å². The fourth-order valence-corrected chi connectivity index (χ4v) is 2.22. The molecule has 1 amide bonds. The topological polar surface area (TPSA) is 56.0 Å². The summed E-state index contributed by atoms with van der Waals surface area (Å²) in [7, 11) is 0. The number of aryl methyl sites for hydroxylation is 1. The number of amides is 1. The average Bonchev–Trinajstić information content (AvgIpc) is 2.66. The Hall–Kier alpha value is -1.68. The van der Waals surface area contributed by atoms with Crippen LogP contribution in [0, 0.1) is 6.92 Å². The lowest BCUT2D eigenvalue weighted by atomic mass is 10.2. The number of nitrogens with two attached hydrogens (primary N) is 1. The maximum Gasteiger partial charge on any atom is 0.223 e. The van der Waals surface area contributed by atoms with Crippen molar-refractivity contribution in [2.24, 2.45) is 5.73 Å². The molecular formula is C12H12N2OS. The first-order valence-corrected chi connectivity index (χ1v) is 5.83. The zero-order valence-corrected chi connectivity index (χ0v) is 9.75. The molecule has 0 aliphatic heterocycles. The highest BCUT2D eigenvalue weighted by molar-refractivity contribution is 7.13. The Morgan fingerprint density at radius 3 is 2.69 bits per heavy atom. The van der Waals surface area contributed by atoms with Crippen molar-refractivity contribution in [2.45, 2.75) is 13.3 Å². The first-order chi connectivity index (χ1) is 7.65. The third-order valence-corrected chi connectivity index (χ3v) is 3.15. The van der Waals surface area contributed by atoms with Gasteiger partial charge in [-0.25, -0.2) is 4.98 Å². The zero-order valence-electron chi connectivity index (χ0n) is 8.93. The minimum absolute atomic E-state index is 0.211. The minimum Gasteiger partial charge on any atom is -0.369 e. The second-order valence-corrected chi connectivity index (χ2v) is 4.51. The number of hydrogen-bond acceptors (Lipinski definition) is 3. The van der Waals surface area contributed by atoms with Crippen molar-refractivity contribution >= 4 is 17.2 Å². The molecule has 2 rings (SSSR count). The van der Waals surface area contributed by atoms with Crippen LogP contribution < -0.4 is 5.73 Å². The van der Waals surface area contributed by atoms with Gasteiger partial charge in [0.05, 0.1) is 12.1 Å². The van der Waals surface area contributed by atoms with Crippen molar-refractivity contribution in [2.75, 3.05) is 0 Å². The summed E-state index contributed by atoms with van der Waals surface area (Å²) in [6.45, 7) is 2.05. The smallest absolute Gasteiger partial charge is 0.223 e. The molecule has 0 fully saturated rings. The monoisotopic (exact) mass is 232 g/mol. The molecule has 0 saturated heterocycles. The normalized spacial score (nSPS) is 10.3. The van der Waals surface area contributed by atoms with E-state index < -0.39 is 0 Å². The summed E-state index contributed by atoms with van der Waals surface area (Å²) in [5.41, 5.74) is 8.16. The van der Waals surface area contributed by atoms with Crippen LogP contribution in [0.5, 0.6) is 0 Å². The van der Waals surface area contributed by atoms with E-state index in [1.807, 2.05) is 36.6 Å². The molecule has 0 spiro atoms. The Kier molecular flexibility index (Phi) is 3.01. The first kappa shape index (κ1) is 10.8. The number of aromatic nitrogens is 1. The van der Waals surface area contributed by atoms with Gasteiger partial charge in [0, 0.05) is 10.9 Å². The number of rotatable bonds is 3. The maximum absolute atomic E-state index is 10.7. The van der Waals surface area contributed by atoms with Crippen LogP contribution >= 0.6 is 11.3 Å². The van der Waals surface area contributed by atoms with E-state index >= 15 is 0 Å². The summed E-state index contributed by atoms with van der Waals surface area (Å²) >= 11 is 1.53. The van der Waals surface area contributed by atoms with Gasteiger partial charge in [0.15, 0.2) is 0 Å². The maximum atomic E-state index is 10.7. The lowest BCUT2D eigenvalue weighted by Gasteiger charge is -1.96. The Labute approximate surface area is 97.9 Å². The van der Waals surface area contributed by atoms with Gasteiger partial charge in [-0.3, -0.25) is 4.79 Å². The molecule has 2 aromatic rings. The standard InChI is InChI=1S/C12H12N2OS/c1-8-2-4-9(5-3-8)12-14-10(7-16-12)6-11(13)15/h2-5,7H,6H2,1H3,(H2,13,15). The van der Waals surface area contributed by atoms with Gasteiger partial charge in [-0.2, -0.15) is 0 Å². The Morgan fingerprint density at radius 1 is 1.38 bits per heavy atom. The SMILES string of the molecule is Cc1ccc(-c2nc(CC(N)=O)cs2)cc1. The summed E-state index contributed by atoms with van der Waals surface area (Å²) in [6.07, 6.45) is 0.211. The van der Waals surface area contributed by atoms with E-state index in [0.717, 1.165) is 16.3 Å². The second-order valence-electron chi connectivity index (χ2n) is 3.65. The quantitative estimate of drug-likeness (QED) is 0.881. The van der Waals surface area contributed by atoms with E-state index in [9.17, 15) is 4.79 Å². The lowest BCUT2D eigenvalue weighted by molar-refractivity contribution is -0.117. The molecule has 1 heterocycles. The van der Waals surface area contributed by atoms with Gasteiger partial charge in [-0.15, -0.1) is 11.3 Å². The molecule has 16 heavy (non-hydrogen) atoms. The zero-order chi connectivity index (χ0) is 11.5. The molecule has 1 aromatic carbocycles. The molecule has 3 nitrogen and oxygen atoms in total. The molecule has 0 radical (unpaired) electrons. The molecule has 0 bridgehead atoms. The molecule has 1 aromatic heterocycles. The van der Waals surface area contributed by atoms with Gasteiger partial charge in [-0.1, -0.05) is 29.8 Å². The summed E-state index contributed by atoms with van der Waals surface area (Å²) in [5.74, 6) is -0.347. The second kappa shape index (κ2) is 4.45. The minimum atomic E-state index is -0.347. The van der Waals surface area contributed by atoms with Crippen LogP contribution in [0.15, 0.2) is 29.6 Å². The third kappa shape index (κ3) is 2.46. The highest BCUT2D eigenvalue weighted by Crippen LogP contribution is 2.23. The highest BCUT2D eigenvalue weighted by Gasteiger charge is 2.06. The van der Waals surface area contributed by atoms with Crippen molar-refractivity contribution in [1.82, 2.24) is 4.98 Å². The van der Waals surface area contributed by atoms with Gasteiger partial charge in [0.2, 0.25) is 5.91 Å². The van der Waals surface area contributed by atoms with Gasteiger partial charge < -0.3 is 5.73 Å². The van der Waals surface area contributed by atoms with Crippen LogP contribution in [0.2, 0.25) is 0 Å². The predicted octanol–water partition coefficient (Wildman–Crippen LogP) is 2.15. The van der Waals surface area contributed by atoms with Crippen molar-refractivity contribution in [3.63, 3.8) is 0 Å². The van der Waals surface area contributed by atoms with Crippen LogP contribution in [0.1, 0.15) is 11.3 Å². The lowest BCUT2D eigenvalue weighted by Crippen LogP contribution is -2.13. The van der Waals surface area contributed by atoms with Gasteiger partial charge >= 0.3 is 0 Å². The van der Waals surface area contributed by atoms with E-state index in [-0.39, 0.29) is 12.3 Å². The number of benzene rings is 1. The molecule has 0 aliphatic carbocycles. The molecule has 4 heteroatoms. The van der Waals surface area contributed by atoms with Crippen LogP contribution in [0.4, 0.5) is 0 Å². The van der Waals surface area contributed by atoms with E-state index in [2.05, 4.69) is 4.98 Å². The highest BCUT2D eigenvalue weighted by atomic mass is 32.1. The Morgan fingerprint density at radius 2 is 2.06 bits per heavy atom. The number of nitrogens with zero attached hydrogens (tertiary/aromatic N) is 1. The largest absolute Gasteiger partial charge is 0.369 e. The van der Waals surface area contributed by atoms with Gasteiger partial charge in [0.25, 0.3) is 0 Å². The fraction of sp³-hybridized carbons (Fsp3) is 0.167. The Balaban J connectivity index is 2.24. The molecule has 0 unspecified atom stereocenters.